The van der Waals surface area contributed by atoms with E-state index in [1.165, 1.54) is 11.8 Å². The van der Waals surface area contributed by atoms with Crippen LogP contribution in [0.15, 0.2) is 52.4 Å². The topological polar surface area (TPSA) is 78.0 Å². The van der Waals surface area contributed by atoms with Gasteiger partial charge in [0.25, 0.3) is 5.56 Å². The Morgan fingerprint density at radius 2 is 1.80 bits per heavy atom. The number of carbonyl (C=O) groups is 1. The van der Waals surface area contributed by atoms with Crippen molar-refractivity contribution < 1.29 is 4.79 Å². The molecule has 0 fully saturated rings. The molecule has 0 aliphatic carbocycles. The predicted octanol–water partition coefficient (Wildman–Crippen LogP) is 2.97. The zero-order chi connectivity index (χ0) is 18.0. The van der Waals surface area contributed by atoms with Crippen LogP contribution in [0.1, 0.15) is 17.5 Å². The fraction of sp³-hybridized carbons (Fsp3) is 0.211. The lowest BCUT2D eigenvalue weighted by molar-refractivity contribution is -0.117. The lowest BCUT2D eigenvalue weighted by atomic mass is 10.1. The fourth-order valence-electron chi connectivity index (χ4n) is 2.81. The Morgan fingerprint density at radius 1 is 1.12 bits per heavy atom. The van der Waals surface area contributed by atoms with E-state index in [2.05, 4.69) is 4.98 Å². The van der Waals surface area contributed by atoms with Gasteiger partial charge in [0.05, 0.1) is 16.6 Å². The van der Waals surface area contributed by atoms with E-state index in [4.69, 9.17) is 5.73 Å². The monoisotopic (exact) mass is 353 g/mol. The number of fused-ring (bicyclic) bond motifs is 1. The van der Waals surface area contributed by atoms with Gasteiger partial charge in [-0.25, -0.2) is 4.98 Å². The predicted molar refractivity (Wildman–Crippen MR) is 101 cm³/mol. The van der Waals surface area contributed by atoms with Crippen molar-refractivity contribution in [3.63, 3.8) is 0 Å². The Labute approximate surface area is 149 Å². The van der Waals surface area contributed by atoms with Gasteiger partial charge in [0, 0.05) is 12.2 Å². The van der Waals surface area contributed by atoms with Gasteiger partial charge < -0.3 is 5.73 Å². The molecule has 0 atom stereocenters. The van der Waals surface area contributed by atoms with Crippen LogP contribution in [0.5, 0.6) is 0 Å². The second-order valence-corrected chi connectivity index (χ2v) is 6.92. The number of rotatable bonds is 5. The van der Waals surface area contributed by atoms with Crippen LogP contribution in [0.4, 0.5) is 0 Å². The highest BCUT2D eigenvalue weighted by Gasteiger charge is 2.16. The molecule has 3 rings (SSSR count). The summed E-state index contributed by atoms with van der Waals surface area (Å²) in [6, 6.07) is 13.2. The smallest absolute Gasteiger partial charge is 0.266 e. The Morgan fingerprint density at radius 3 is 2.48 bits per heavy atom. The van der Waals surface area contributed by atoms with Gasteiger partial charge in [0.1, 0.15) is 0 Å². The second kappa shape index (κ2) is 7.11. The van der Waals surface area contributed by atoms with Gasteiger partial charge in [-0.1, -0.05) is 42.1 Å². The lowest BCUT2D eigenvalue weighted by Gasteiger charge is -2.17. The molecule has 1 heterocycles. The van der Waals surface area contributed by atoms with E-state index in [1.54, 1.807) is 10.6 Å². The summed E-state index contributed by atoms with van der Waals surface area (Å²) in [7, 11) is 0. The fourth-order valence-corrected chi connectivity index (χ4v) is 3.76. The van der Waals surface area contributed by atoms with Crippen molar-refractivity contribution in [2.75, 3.05) is 5.75 Å². The minimum absolute atomic E-state index is 0.107. The molecular weight excluding hydrogens is 334 g/mol. The number of thioether (sulfide) groups is 1. The third-order valence-corrected chi connectivity index (χ3v) is 4.93. The minimum Gasteiger partial charge on any atom is -0.370 e. The summed E-state index contributed by atoms with van der Waals surface area (Å²) >= 11 is 1.37. The van der Waals surface area contributed by atoms with Crippen molar-refractivity contribution in [3.8, 4) is 5.69 Å². The highest BCUT2D eigenvalue weighted by Crippen LogP contribution is 2.25. The van der Waals surface area contributed by atoms with Crippen LogP contribution >= 0.6 is 11.8 Å². The molecule has 1 aromatic heterocycles. The normalized spacial score (nSPS) is 11.0. The van der Waals surface area contributed by atoms with Gasteiger partial charge in [0.15, 0.2) is 5.16 Å². The van der Waals surface area contributed by atoms with E-state index in [1.807, 2.05) is 50.2 Å². The SMILES string of the molecule is Cc1cccc(C)c1-n1c(SCCC(N)=O)nc2ccccc2c1=O. The molecule has 25 heavy (non-hydrogen) atoms. The summed E-state index contributed by atoms with van der Waals surface area (Å²) in [5, 5.41) is 1.15. The van der Waals surface area contributed by atoms with E-state index < -0.39 is 0 Å². The van der Waals surface area contributed by atoms with Crippen LogP contribution < -0.4 is 11.3 Å². The second-order valence-electron chi connectivity index (χ2n) is 5.86. The number of nitrogens with two attached hydrogens (primary N) is 1. The molecule has 0 bridgehead atoms. The zero-order valence-corrected chi connectivity index (χ0v) is 15.0. The number of para-hydroxylation sites is 2. The van der Waals surface area contributed by atoms with Crippen molar-refractivity contribution in [1.82, 2.24) is 9.55 Å². The molecule has 6 heteroatoms. The first kappa shape index (κ1) is 17.2. The highest BCUT2D eigenvalue weighted by molar-refractivity contribution is 7.99. The molecule has 0 aliphatic heterocycles. The van der Waals surface area contributed by atoms with Crippen molar-refractivity contribution in [3.05, 3.63) is 63.9 Å². The van der Waals surface area contributed by atoms with Crippen LogP contribution in [0.3, 0.4) is 0 Å². The number of aryl methyl sites for hydroxylation is 2. The number of amides is 1. The Balaban J connectivity index is 2.25. The molecule has 0 aliphatic rings. The number of benzene rings is 2. The van der Waals surface area contributed by atoms with E-state index in [0.29, 0.717) is 21.8 Å². The summed E-state index contributed by atoms with van der Waals surface area (Å²) in [5.74, 6) is 0.111. The largest absolute Gasteiger partial charge is 0.370 e. The van der Waals surface area contributed by atoms with Crippen LogP contribution in [0.2, 0.25) is 0 Å². The van der Waals surface area contributed by atoms with Gasteiger partial charge in [-0.15, -0.1) is 0 Å². The number of aromatic nitrogens is 2. The van der Waals surface area contributed by atoms with Crippen LogP contribution in [-0.4, -0.2) is 21.2 Å². The van der Waals surface area contributed by atoms with E-state index in [0.717, 1.165) is 16.8 Å². The molecule has 1 amide bonds. The number of primary amides is 1. The van der Waals surface area contributed by atoms with Crippen molar-refractivity contribution in [2.24, 2.45) is 5.73 Å². The Kier molecular flexibility index (Phi) is 4.90. The third-order valence-electron chi connectivity index (χ3n) is 3.99. The van der Waals surface area contributed by atoms with Gasteiger partial charge >= 0.3 is 0 Å². The van der Waals surface area contributed by atoms with E-state index in [-0.39, 0.29) is 17.9 Å². The van der Waals surface area contributed by atoms with Crippen molar-refractivity contribution >= 4 is 28.6 Å². The average Bonchev–Trinajstić information content (AvgIpc) is 2.57. The summed E-state index contributed by atoms with van der Waals surface area (Å²) < 4.78 is 1.65. The summed E-state index contributed by atoms with van der Waals surface area (Å²) in [6.45, 7) is 3.95. The van der Waals surface area contributed by atoms with E-state index in [9.17, 15) is 9.59 Å². The van der Waals surface area contributed by atoms with Crippen molar-refractivity contribution in [2.45, 2.75) is 25.4 Å². The van der Waals surface area contributed by atoms with Gasteiger partial charge in [-0.2, -0.15) is 0 Å². The van der Waals surface area contributed by atoms with Crippen LogP contribution in [-0.2, 0) is 4.79 Å². The molecule has 3 aromatic rings. The number of hydrogen-bond acceptors (Lipinski definition) is 4. The highest BCUT2D eigenvalue weighted by atomic mass is 32.2. The summed E-state index contributed by atoms with van der Waals surface area (Å²) in [5.41, 5.74) is 8.61. The molecular formula is C19H19N3O2S. The minimum atomic E-state index is -0.366. The molecule has 0 unspecified atom stereocenters. The number of hydrogen-bond donors (Lipinski definition) is 1. The molecule has 2 N–H and O–H groups in total. The van der Waals surface area contributed by atoms with E-state index >= 15 is 0 Å². The summed E-state index contributed by atoms with van der Waals surface area (Å²) in [6.07, 6.45) is 0.236. The number of nitrogens with zero attached hydrogens (tertiary/aromatic N) is 2. The standard InChI is InChI=1S/C19H19N3O2S/c1-12-6-5-7-13(2)17(12)22-18(24)14-8-3-4-9-15(14)21-19(22)25-11-10-16(20)23/h3-9H,10-11H2,1-2H3,(H2,20,23). The zero-order valence-electron chi connectivity index (χ0n) is 14.2. The molecule has 2 aromatic carbocycles. The van der Waals surface area contributed by atoms with Crippen molar-refractivity contribution in [1.29, 1.82) is 0 Å². The van der Waals surface area contributed by atoms with Gasteiger partial charge in [-0.3, -0.25) is 14.2 Å². The Hall–Kier alpha value is -2.60. The van der Waals surface area contributed by atoms with Gasteiger partial charge in [0.2, 0.25) is 5.91 Å². The quantitative estimate of drug-likeness (QED) is 0.565. The molecule has 0 saturated heterocycles. The van der Waals surface area contributed by atoms with Crippen LogP contribution in [0.25, 0.3) is 16.6 Å². The first-order valence-corrected chi connectivity index (χ1v) is 8.97. The molecule has 0 radical (unpaired) electrons. The average molecular weight is 353 g/mol. The third kappa shape index (κ3) is 3.44. The lowest BCUT2D eigenvalue weighted by Crippen LogP contribution is -2.23. The summed E-state index contributed by atoms with van der Waals surface area (Å²) in [4.78, 5) is 28.9. The molecule has 128 valence electrons. The maximum absolute atomic E-state index is 13.2. The maximum atomic E-state index is 13.2. The first-order chi connectivity index (χ1) is 12.0. The maximum Gasteiger partial charge on any atom is 0.266 e. The van der Waals surface area contributed by atoms with Gasteiger partial charge in [-0.05, 0) is 37.1 Å². The number of carbonyl (C=O) groups excluding carboxylic acids is 1. The Bertz CT molecular complexity index is 991. The molecule has 5 nitrogen and oxygen atoms in total. The molecule has 0 spiro atoms. The molecule has 0 saturated carbocycles. The first-order valence-electron chi connectivity index (χ1n) is 7.98. The van der Waals surface area contributed by atoms with Crippen LogP contribution in [0, 0.1) is 13.8 Å².